The first kappa shape index (κ1) is 10.8. The van der Waals surface area contributed by atoms with Crippen molar-refractivity contribution in [2.75, 3.05) is 7.11 Å². The average molecular weight is 240 g/mol. The lowest BCUT2D eigenvalue weighted by Crippen LogP contribution is -1.99. The van der Waals surface area contributed by atoms with E-state index in [2.05, 4.69) is 15.0 Å². The number of hydrogen-bond acceptors (Lipinski definition) is 4. The van der Waals surface area contributed by atoms with Crippen molar-refractivity contribution >= 4 is 11.6 Å². The number of ether oxygens (including phenoxy) is 1. The van der Waals surface area contributed by atoms with Gasteiger partial charge in [-0.3, -0.25) is 0 Å². The van der Waals surface area contributed by atoms with Crippen LogP contribution in [0, 0.1) is 5.82 Å². The molecule has 0 amide bonds. The Hall–Kier alpha value is -1.75. The fraction of sp³-hybridized carbons (Fsp3) is 0.100. The molecule has 82 valence electrons. The number of rotatable bonds is 2. The molecule has 0 atom stereocenters. The molecule has 0 radical (unpaired) electrons. The van der Waals surface area contributed by atoms with Gasteiger partial charge in [0.05, 0.1) is 12.7 Å². The Labute approximate surface area is 96.1 Å². The summed E-state index contributed by atoms with van der Waals surface area (Å²) in [6, 6.07) is 6.19. The van der Waals surface area contributed by atoms with Crippen LogP contribution >= 0.6 is 11.6 Å². The highest BCUT2D eigenvalue weighted by Gasteiger charge is 2.10. The van der Waals surface area contributed by atoms with E-state index in [-0.39, 0.29) is 22.7 Å². The SMILES string of the molecule is COc1nc(Cl)nc(-c2ccccc2F)n1. The molecule has 2 rings (SSSR count). The van der Waals surface area contributed by atoms with Crippen molar-refractivity contribution in [3.63, 3.8) is 0 Å². The highest BCUT2D eigenvalue weighted by Crippen LogP contribution is 2.21. The van der Waals surface area contributed by atoms with Crippen LogP contribution in [0.2, 0.25) is 5.28 Å². The minimum absolute atomic E-state index is 0.0369. The first-order valence-electron chi connectivity index (χ1n) is 4.41. The van der Waals surface area contributed by atoms with E-state index in [9.17, 15) is 4.39 Å². The normalized spacial score (nSPS) is 10.2. The Morgan fingerprint density at radius 2 is 1.94 bits per heavy atom. The molecule has 0 saturated carbocycles. The molecule has 0 fully saturated rings. The standard InChI is InChI=1S/C10H7ClFN3O/c1-16-10-14-8(13-9(11)15-10)6-4-2-3-5-7(6)12/h2-5H,1H3. The maximum Gasteiger partial charge on any atom is 0.321 e. The van der Waals surface area contributed by atoms with Crippen LogP contribution in [0.1, 0.15) is 0 Å². The minimum Gasteiger partial charge on any atom is -0.467 e. The lowest BCUT2D eigenvalue weighted by Gasteiger charge is -2.03. The van der Waals surface area contributed by atoms with Gasteiger partial charge in [0, 0.05) is 0 Å². The van der Waals surface area contributed by atoms with Crippen LogP contribution < -0.4 is 4.74 Å². The lowest BCUT2D eigenvalue weighted by atomic mass is 10.2. The van der Waals surface area contributed by atoms with Crippen molar-refractivity contribution in [2.45, 2.75) is 0 Å². The largest absolute Gasteiger partial charge is 0.467 e. The third-order valence-electron chi connectivity index (χ3n) is 1.88. The van der Waals surface area contributed by atoms with Gasteiger partial charge in [-0.1, -0.05) is 12.1 Å². The third-order valence-corrected chi connectivity index (χ3v) is 2.05. The van der Waals surface area contributed by atoms with Gasteiger partial charge in [0.25, 0.3) is 0 Å². The quantitative estimate of drug-likeness (QED) is 0.807. The number of nitrogens with zero attached hydrogens (tertiary/aromatic N) is 3. The Kier molecular flexibility index (Phi) is 2.96. The molecule has 0 aliphatic carbocycles. The molecular formula is C10H7ClFN3O. The maximum atomic E-state index is 13.5. The van der Waals surface area contributed by atoms with Gasteiger partial charge in [-0.05, 0) is 23.7 Å². The van der Waals surface area contributed by atoms with Crippen molar-refractivity contribution in [1.82, 2.24) is 15.0 Å². The second-order valence-electron chi connectivity index (χ2n) is 2.89. The summed E-state index contributed by atoms with van der Waals surface area (Å²) in [6.07, 6.45) is 0. The van der Waals surface area contributed by atoms with Crippen LogP contribution in [0.3, 0.4) is 0 Å². The summed E-state index contributed by atoms with van der Waals surface area (Å²) in [7, 11) is 1.40. The summed E-state index contributed by atoms with van der Waals surface area (Å²) in [6.45, 7) is 0. The number of benzene rings is 1. The summed E-state index contributed by atoms with van der Waals surface area (Å²) in [4.78, 5) is 11.5. The second kappa shape index (κ2) is 4.40. The van der Waals surface area contributed by atoms with E-state index in [1.165, 1.54) is 13.2 Å². The first-order chi connectivity index (χ1) is 7.70. The highest BCUT2D eigenvalue weighted by molar-refractivity contribution is 6.28. The monoisotopic (exact) mass is 239 g/mol. The summed E-state index contributed by atoms with van der Waals surface area (Å²) in [5, 5.41) is -0.0369. The van der Waals surface area contributed by atoms with Gasteiger partial charge in [0.15, 0.2) is 5.82 Å². The molecule has 6 heteroatoms. The topological polar surface area (TPSA) is 47.9 Å². The van der Waals surface area contributed by atoms with Gasteiger partial charge in [-0.15, -0.1) is 0 Å². The van der Waals surface area contributed by atoms with Gasteiger partial charge in [0.2, 0.25) is 5.28 Å². The molecular weight excluding hydrogens is 233 g/mol. The molecule has 0 saturated heterocycles. The van der Waals surface area contributed by atoms with E-state index < -0.39 is 5.82 Å². The molecule has 0 N–H and O–H groups in total. The van der Waals surface area contributed by atoms with E-state index in [0.29, 0.717) is 0 Å². The van der Waals surface area contributed by atoms with Crippen molar-refractivity contribution in [1.29, 1.82) is 0 Å². The lowest BCUT2D eigenvalue weighted by molar-refractivity contribution is 0.378. The van der Waals surface area contributed by atoms with E-state index >= 15 is 0 Å². The smallest absolute Gasteiger partial charge is 0.321 e. The van der Waals surface area contributed by atoms with Crippen molar-refractivity contribution in [2.24, 2.45) is 0 Å². The molecule has 0 bridgehead atoms. The van der Waals surface area contributed by atoms with Crippen LogP contribution in [0.4, 0.5) is 4.39 Å². The molecule has 16 heavy (non-hydrogen) atoms. The molecule has 0 spiro atoms. The zero-order chi connectivity index (χ0) is 11.5. The predicted molar refractivity (Wildman–Crippen MR) is 56.8 cm³/mol. The minimum atomic E-state index is -0.424. The van der Waals surface area contributed by atoms with E-state index in [1.807, 2.05) is 0 Å². The highest BCUT2D eigenvalue weighted by atomic mass is 35.5. The van der Waals surface area contributed by atoms with Gasteiger partial charge >= 0.3 is 6.01 Å². The van der Waals surface area contributed by atoms with Crippen LogP contribution in [-0.2, 0) is 0 Å². The first-order valence-corrected chi connectivity index (χ1v) is 4.79. The average Bonchev–Trinajstić information content (AvgIpc) is 2.28. The Balaban J connectivity index is 2.56. The zero-order valence-corrected chi connectivity index (χ0v) is 9.07. The van der Waals surface area contributed by atoms with Gasteiger partial charge in [-0.25, -0.2) is 4.39 Å². The van der Waals surface area contributed by atoms with Crippen LogP contribution in [0.5, 0.6) is 6.01 Å². The molecule has 0 aliphatic rings. The number of aromatic nitrogens is 3. The summed E-state index contributed by atoms with van der Waals surface area (Å²) >= 11 is 5.67. The van der Waals surface area contributed by atoms with Crippen LogP contribution in [0.15, 0.2) is 24.3 Å². The molecule has 0 unspecified atom stereocenters. The van der Waals surface area contributed by atoms with Crippen LogP contribution in [0.25, 0.3) is 11.4 Å². The van der Waals surface area contributed by atoms with E-state index in [1.54, 1.807) is 18.2 Å². The summed E-state index contributed by atoms with van der Waals surface area (Å²) in [5.74, 6) is -0.276. The van der Waals surface area contributed by atoms with Crippen molar-refractivity contribution in [3.05, 3.63) is 35.4 Å². The summed E-state index contributed by atoms with van der Waals surface area (Å²) < 4.78 is 18.3. The van der Waals surface area contributed by atoms with Crippen molar-refractivity contribution < 1.29 is 9.13 Å². The summed E-state index contributed by atoms with van der Waals surface area (Å²) in [5.41, 5.74) is 0.255. The molecule has 2 aromatic rings. The maximum absolute atomic E-state index is 13.5. The fourth-order valence-corrected chi connectivity index (χ4v) is 1.34. The number of hydrogen-bond donors (Lipinski definition) is 0. The molecule has 1 aromatic heterocycles. The van der Waals surface area contributed by atoms with Gasteiger partial charge in [-0.2, -0.15) is 15.0 Å². The number of methoxy groups -OCH3 is 1. The Morgan fingerprint density at radius 1 is 1.19 bits per heavy atom. The zero-order valence-electron chi connectivity index (χ0n) is 8.32. The molecule has 0 aliphatic heterocycles. The third kappa shape index (κ3) is 2.09. The predicted octanol–water partition coefficient (Wildman–Crippen LogP) is 2.34. The number of halogens is 2. The van der Waals surface area contributed by atoms with E-state index in [0.717, 1.165) is 0 Å². The second-order valence-corrected chi connectivity index (χ2v) is 3.23. The van der Waals surface area contributed by atoms with Crippen LogP contribution in [-0.4, -0.2) is 22.1 Å². The van der Waals surface area contributed by atoms with Crippen molar-refractivity contribution in [3.8, 4) is 17.4 Å². The van der Waals surface area contributed by atoms with E-state index in [4.69, 9.17) is 16.3 Å². The van der Waals surface area contributed by atoms with Gasteiger partial charge in [0.1, 0.15) is 5.82 Å². The Bertz CT molecular complexity index is 521. The fourth-order valence-electron chi connectivity index (χ4n) is 1.19. The van der Waals surface area contributed by atoms with Gasteiger partial charge < -0.3 is 4.74 Å². The molecule has 1 aromatic carbocycles. The Morgan fingerprint density at radius 3 is 2.62 bits per heavy atom. The molecule has 1 heterocycles. The molecule has 4 nitrogen and oxygen atoms in total.